The van der Waals surface area contributed by atoms with Crippen molar-refractivity contribution >= 4 is 17.5 Å². The molecule has 2 aromatic carbocycles. The number of hydrogen-bond acceptors (Lipinski definition) is 5. The first-order valence-electron chi connectivity index (χ1n) is 8.96. The predicted octanol–water partition coefficient (Wildman–Crippen LogP) is 3.16. The Labute approximate surface area is 171 Å². The second kappa shape index (κ2) is 10.8. The maximum Gasteiger partial charge on any atom is 0.234 e. The first-order valence-corrected chi connectivity index (χ1v) is 9.33. The molecule has 0 aliphatic rings. The summed E-state index contributed by atoms with van der Waals surface area (Å²) >= 11 is 5.98. The molecule has 1 N–H and O–H groups in total. The molecule has 6 nitrogen and oxygen atoms in total. The van der Waals surface area contributed by atoms with E-state index in [1.54, 1.807) is 21.3 Å². The van der Waals surface area contributed by atoms with Crippen LogP contribution in [-0.2, 0) is 17.8 Å². The van der Waals surface area contributed by atoms with Crippen molar-refractivity contribution in [3.8, 4) is 17.2 Å². The van der Waals surface area contributed by atoms with E-state index in [0.717, 1.165) is 17.5 Å². The van der Waals surface area contributed by atoms with Gasteiger partial charge in [-0.1, -0.05) is 29.8 Å². The maximum atomic E-state index is 12.2. The molecule has 0 spiro atoms. The van der Waals surface area contributed by atoms with Gasteiger partial charge in [-0.2, -0.15) is 0 Å². The van der Waals surface area contributed by atoms with Gasteiger partial charge in [0.15, 0.2) is 11.5 Å². The van der Waals surface area contributed by atoms with Crippen LogP contribution in [-0.4, -0.2) is 52.3 Å². The molecule has 0 aliphatic carbocycles. The van der Waals surface area contributed by atoms with Crippen LogP contribution in [0.25, 0.3) is 0 Å². The lowest BCUT2D eigenvalue weighted by atomic mass is 10.1. The summed E-state index contributed by atoms with van der Waals surface area (Å²) in [4.78, 5) is 14.1. The fourth-order valence-electron chi connectivity index (χ4n) is 2.97. The third-order valence-corrected chi connectivity index (χ3v) is 4.50. The van der Waals surface area contributed by atoms with Gasteiger partial charge < -0.3 is 19.5 Å². The van der Waals surface area contributed by atoms with Crippen molar-refractivity contribution in [3.05, 3.63) is 52.5 Å². The summed E-state index contributed by atoms with van der Waals surface area (Å²) in [6, 6.07) is 11.4. The molecule has 0 unspecified atom stereocenters. The number of hydrogen-bond donors (Lipinski definition) is 1. The van der Waals surface area contributed by atoms with E-state index < -0.39 is 0 Å². The Balaban J connectivity index is 1.89. The van der Waals surface area contributed by atoms with Crippen molar-refractivity contribution in [1.82, 2.24) is 10.2 Å². The summed E-state index contributed by atoms with van der Waals surface area (Å²) in [5.41, 5.74) is 2.01. The third kappa shape index (κ3) is 6.04. The highest BCUT2D eigenvalue weighted by Crippen LogP contribution is 2.40. The molecule has 0 atom stereocenters. The Morgan fingerprint density at radius 2 is 1.82 bits per heavy atom. The van der Waals surface area contributed by atoms with Gasteiger partial charge >= 0.3 is 0 Å². The monoisotopic (exact) mass is 406 g/mol. The molecular formula is C21H27ClN2O4. The lowest BCUT2D eigenvalue weighted by Gasteiger charge is -2.20. The lowest BCUT2D eigenvalue weighted by molar-refractivity contribution is -0.122. The number of halogens is 1. The van der Waals surface area contributed by atoms with Crippen molar-refractivity contribution in [3.63, 3.8) is 0 Å². The first kappa shape index (κ1) is 21.9. The van der Waals surface area contributed by atoms with Gasteiger partial charge in [0.05, 0.1) is 27.9 Å². The number of ether oxygens (including phenoxy) is 3. The molecule has 0 bridgehead atoms. The van der Waals surface area contributed by atoms with Gasteiger partial charge in [-0.25, -0.2) is 0 Å². The normalized spacial score (nSPS) is 10.6. The number of amides is 1. The van der Waals surface area contributed by atoms with Crippen LogP contribution in [0.5, 0.6) is 17.2 Å². The van der Waals surface area contributed by atoms with Crippen LogP contribution in [0.2, 0.25) is 5.02 Å². The molecule has 152 valence electrons. The predicted molar refractivity (Wildman–Crippen MR) is 111 cm³/mol. The minimum absolute atomic E-state index is 0.0380. The highest BCUT2D eigenvalue weighted by Gasteiger charge is 2.17. The van der Waals surface area contributed by atoms with Crippen LogP contribution in [0.3, 0.4) is 0 Å². The van der Waals surface area contributed by atoms with Gasteiger partial charge in [-0.05, 0) is 37.2 Å². The molecular weight excluding hydrogens is 380 g/mol. The number of nitrogens with one attached hydrogen (secondary N) is 1. The van der Waals surface area contributed by atoms with Crippen LogP contribution >= 0.6 is 11.6 Å². The fraction of sp³-hybridized carbons (Fsp3) is 0.381. The minimum atomic E-state index is -0.0380. The number of benzene rings is 2. The summed E-state index contributed by atoms with van der Waals surface area (Å²) in [7, 11) is 6.62. The van der Waals surface area contributed by atoms with E-state index in [1.807, 2.05) is 48.3 Å². The smallest absolute Gasteiger partial charge is 0.234 e. The Hall–Kier alpha value is -2.44. The zero-order chi connectivity index (χ0) is 20.5. The molecule has 1 amide bonds. The van der Waals surface area contributed by atoms with E-state index in [1.165, 1.54) is 0 Å². The molecule has 0 heterocycles. The number of methoxy groups -OCH3 is 3. The molecule has 0 radical (unpaired) electrons. The van der Waals surface area contributed by atoms with E-state index in [2.05, 4.69) is 5.32 Å². The highest BCUT2D eigenvalue weighted by atomic mass is 35.5. The molecule has 0 fully saturated rings. The zero-order valence-electron chi connectivity index (χ0n) is 16.8. The average molecular weight is 407 g/mol. The standard InChI is InChI=1S/C21H27ClN2O4/c1-24(13-16-8-9-18(26-2)21(28-4)20(16)27-3)14-19(25)23-11-10-15-6-5-7-17(22)12-15/h5-9,12H,10-11,13-14H2,1-4H3,(H,23,25). The molecule has 0 aliphatic heterocycles. The van der Waals surface area contributed by atoms with Gasteiger partial charge in [0.1, 0.15) is 0 Å². The van der Waals surface area contributed by atoms with Crippen molar-refractivity contribution in [2.75, 3.05) is 41.5 Å². The number of carbonyl (C=O) groups excluding carboxylic acids is 1. The van der Waals surface area contributed by atoms with E-state index in [-0.39, 0.29) is 12.5 Å². The first-order chi connectivity index (χ1) is 13.5. The molecule has 2 rings (SSSR count). The van der Waals surface area contributed by atoms with Gasteiger partial charge in [0.25, 0.3) is 0 Å². The Bertz CT molecular complexity index is 798. The molecule has 0 aromatic heterocycles. The largest absolute Gasteiger partial charge is 0.493 e. The maximum absolute atomic E-state index is 12.2. The second-order valence-electron chi connectivity index (χ2n) is 6.40. The third-order valence-electron chi connectivity index (χ3n) is 4.26. The van der Waals surface area contributed by atoms with Crippen LogP contribution < -0.4 is 19.5 Å². The fourth-order valence-corrected chi connectivity index (χ4v) is 3.19. The summed E-state index contributed by atoms with van der Waals surface area (Å²) < 4.78 is 16.2. The van der Waals surface area contributed by atoms with Gasteiger partial charge in [-0.15, -0.1) is 0 Å². The zero-order valence-corrected chi connectivity index (χ0v) is 17.5. The van der Waals surface area contributed by atoms with Gasteiger partial charge in [0, 0.05) is 23.7 Å². The topological polar surface area (TPSA) is 60.0 Å². The van der Waals surface area contributed by atoms with Crippen LogP contribution in [0.4, 0.5) is 0 Å². The molecule has 0 saturated heterocycles. The lowest BCUT2D eigenvalue weighted by Crippen LogP contribution is -2.35. The Morgan fingerprint density at radius 1 is 1.07 bits per heavy atom. The van der Waals surface area contributed by atoms with Crippen molar-refractivity contribution in [2.24, 2.45) is 0 Å². The molecule has 0 saturated carbocycles. The molecule has 7 heteroatoms. The van der Waals surface area contributed by atoms with Crippen LogP contribution in [0.1, 0.15) is 11.1 Å². The average Bonchev–Trinajstić information content (AvgIpc) is 2.67. The Kier molecular flexibility index (Phi) is 8.42. The van der Waals surface area contributed by atoms with Gasteiger partial charge in [-0.3, -0.25) is 9.69 Å². The quantitative estimate of drug-likeness (QED) is 0.656. The minimum Gasteiger partial charge on any atom is -0.493 e. The van der Waals surface area contributed by atoms with Crippen molar-refractivity contribution in [1.29, 1.82) is 0 Å². The van der Waals surface area contributed by atoms with Crippen LogP contribution in [0.15, 0.2) is 36.4 Å². The van der Waals surface area contributed by atoms with Crippen LogP contribution in [0, 0.1) is 0 Å². The van der Waals surface area contributed by atoms with E-state index >= 15 is 0 Å². The van der Waals surface area contributed by atoms with Crippen molar-refractivity contribution in [2.45, 2.75) is 13.0 Å². The summed E-state index contributed by atoms with van der Waals surface area (Å²) in [6.45, 7) is 1.37. The second-order valence-corrected chi connectivity index (χ2v) is 6.83. The summed E-state index contributed by atoms with van der Waals surface area (Å²) in [5, 5.41) is 3.64. The molecule has 28 heavy (non-hydrogen) atoms. The number of nitrogens with zero attached hydrogens (tertiary/aromatic N) is 1. The number of rotatable bonds is 10. The van der Waals surface area contributed by atoms with E-state index in [9.17, 15) is 4.79 Å². The Morgan fingerprint density at radius 3 is 2.46 bits per heavy atom. The summed E-state index contributed by atoms with van der Waals surface area (Å²) in [6.07, 6.45) is 0.736. The summed E-state index contributed by atoms with van der Waals surface area (Å²) in [5.74, 6) is 1.71. The molecule has 2 aromatic rings. The SMILES string of the molecule is COc1ccc(CN(C)CC(=O)NCCc2cccc(Cl)c2)c(OC)c1OC. The van der Waals surface area contributed by atoms with E-state index in [4.69, 9.17) is 25.8 Å². The van der Waals surface area contributed by atoms with Gasteiger partial charge in [0.2, 0.25) is 11.7 Å². The van der Waals surface area contributed by atoms with Crippen molar-refractivity contribution < 1.29 is 19.0 Å². The highest BCUT2D eigenvalue weighted by molar-refractivity contribution is 6.30. The van der Waals surface area contributed by atoms with E-state index in [0.29, 0.717) is 35.4 Å². The number of likely N-dealkylation sites (N-methyl/N-ethyl adjacent to an activating group) is 1. The number of carbonyl (C=O) groups is 1.